The van der Waals surface area contributed by atoms with Crippen LogP contribution in [-0.4, -0.2) is 21.5 Å². The maximum atomic E-state index is 5.73. The molecule has 1 saturated heterocycles. The Morgan fingerprint density at radius 3 is 3.05 bits per heavy atom. The highest BCUT2D eigenvalue weighted by molar-refractivity contribution is 7.09. The number of aryl methyl sites for hydroxylation is 1. The lowest BCUT2D eigenvalue weighted by molar-refractivity contribution is 0.467. The number of thiazole rings is 1. The van der Waals surface area contributed by atoms with Crippen LogP contribution in [-0.2, 0) is 6.54 Å². The summed E-state index contributed by atoms with van der Waals surface area (Å²) in [7, 11) is 0. The van der Waals surface area contributed by atoms with Crippen molar-refractivity contribution >= 4 is 17.2 Å². The highest BCUT2D eigenvalue weighted by Crippen LogP contribution is 2.35. The van der Waals surface area contributed by atoms with E-state index in [0.717, 1.165) is 30.3 Å². The van der Waals surface area contributed by atoms with Crippen molar-refractivity contribution in [1.29, 1.82) is 0 Å². The molecule has 0 bridgehead atoms. The zero-order valence-corrected chi connectivity index (χ0v) is 12.4. The molecule has 2 N–H and O–H groups in total. The van der Waals surface area contributed by atoms with Crippen LogP contribution in [0.4, 0.5) is 5.82 Å². The van der Waals surface area contributed by atoms with E-state index in [9.17, 15) is 0 Å². The summed E-state index contributed by atoms with van der Waals surface area (Å²) in [5.41, 5.74) is 6.63. The zero-order valence-electron chi connectivity index (χ0n) is 11.6. The number of hydrogen-bond acceptors (Lipinski definition) is 6. The van der Waals surface area contributed by atoms with Crippen LogP contribution in [0, 0.1) is 6.92 Å². The largest absolute Gasteiger partial charge is 0.347 e. The fraction of sp³-hybridized carbons (Fsp3) is 0.500. The van der Waals surface area contributed by atoms with Gasteiger partial charge in [-0.1, -0.05) is 0 Å². The van der Waals surface area contributed by atoms with Crippen LogP contribution in [0.2, 0.25) is 0 Å². The molecular weight excluding hydrogens is 270 g/mol. The standard InChI is InChI=1S/C14H19N5S/c1-10-17-11(9-15)8-13(18-10)19-6-3-2-4-12(19)14-16-5-7-20-14/h5,7-8,12H,2-4,6,9,15H2,1H3. The fourth-order valence-electron chi connectivity index (χ4n) is 2.73. The quantitative estimate of drug-likeness (QED) is 0.940. The molecule has 3 rings (SSSR count). The van der Waals surface area contributed by atoms with E-state index in [0.29, 0.717) is 12.6 Å². The number of anilines is 1. The Morgan fingerprint density at radius 1 is 1.40 bits per heavy atom. The summed E-state index contributed by atoms with van der Waals surface area (Å²) in [6, 6.07) is 2.35. The van der Waals surface area contributed by atoms with E-state index < -0.39 is 0 Å². The maximum Gasteiger partial charge on any atom is 0.133 e. The highest BCUT2D eigenvalue weighted by atomic mass is 32.1. The summed E-state index contributed by atoms with van der Waals surface area (Å²) in [6.45, 7) is 3.39. The van der Waals surface area contributed by atoms with Gasteiger partial charge in [0.1, 0.15) is 16.6 Å². The van der Waals surface area contributed by atoms with Gasteiger partial charge in [-0.3, -0.25) is 0 Å². The molecule has 1 atom stereocenters. The molecule has 0 aromatic carbocycles. The van der Waals surface area contributed by atoms with E-state index in [4.69, 9.17) is 5.73 Å². The molecule has 2 aromatic rings. The third-order valence-electron chi connectivity index (χ3n) is 3.62. The van der Waals surface area contributed by atoms with Gasteiger partial charge in [-0.05, 0) is 26.2 Å². The predicted molar refractivity (Wildman–Crippen MR) is 80.7 cm³/mol. The van der Waals surface area contributed by atoms with Gasteiger partial charge < -0.3 is 10.6 Å². The van der Waals surface area contributed by atoms with Gasteiger partial charge in [0, 0.05) is 30.7 Å². The smallest absolute Gasteiger partial charge is 0.133 e. The molecule has 0 saturated carbocycles. The second kappa shape index (κ2) is 5.85. The number of nitrogens with two attached hydrogens (primary N) is 1. The second-order valence-corrected chi connectivity index (χ2v) is 5.97. The third kappa shape index (κ3) is 2.66. The van der Waals surface area contributed by atoms with Crippen molar-refractivity contribution in [2.24, 2.45) is 5.73 Å². The Labute approximate surface area is 122 Å². The Kier molecular flexibility index (Phi) is 3.93. The predicted octanol–water partition coefficient (Wildman–Crippen LogP) is 2.43. The Hall–Kier alpha value is -1.53. The zero-order chi connectivity index (χ0) is 13.9. The Bertz CT molecular complexity index is 569. The van der Waals surface area contributed by atoms with Crippen LogP contribution in [0.25, 0.3) is 0 Å². The molecule has 1 fully saturated rings. The molecular formula is C14H19N5S. The Morgan fingerprint density at radius 2 is 2.30 bits per heavy atom. The normalized spacial score (nSPS) is 19.3. The van der Waals surface area contributed by atoms with Gasteiger partial charge in [0.05, 0.1) is 11.7 Å². The summed E-state index contributed by atoms with van der Waals surface area (Å²) in [5.74, 6) is 1.77. The summed E-state index contributed by atoms with van der Waals surface area (Å²) in [6.07, 6.45) is 5.45. The maximum absolute atomic E-state index is 5.73. The molecule has 1 aliphatic rings. The first kappa shape index (κ1) is 13.5. The molecule has 5 nitrogen and oxygen atoms in total. The first-order valence-corrected chi connectivity index (χ1v) is 7.86. The Balaban J connectivity index is 1.95. The van der Waals surface area contributed by atoms with Crippen LogP contribution >= 0.6 is 11.3 Å². The number of nitrogens with zero attached hydrogens (tertiary/aromatic N) is 4. The minimum Gasteiger partial charge on any atom is -0.347 e. The summed E-state index contributed by atoms with van der Waals surface area (Å²) in [4.78, 5) is 15.8. The number of aromatic nitrogens is 3. The molecule has 0 aliphatic carbocycles. The van der Waals surface area contributed by atoms with Gasteiger partial charge >= 0.3 is 0 Å². The van der Waals surface area contributed by atoms with Crippen molar-refractivity contribution in [1.82, 2.24) is 15.0 Å². The van der Waals surface area contributed by atoms with Gasteiger partial charge in [-0.25, -0.2) is 15.0 Å². The van der Waals surface area contributed by atoms with Gasteiger partial charge in [-0.2, -0.15) is 0 Å². The van der Waals surface area contributed by atoms with Crippen molar-refractivity contribution in [3.63, 3.8) is 0 Å². The molecule has 106 valence electrons. The first-order chi connectivity index (χ1) is 9.78. The fourth-order valence-corrected chi connectivity index (χ4v) is 3.51. The van der Waals surface area contributed by atoms with Crippen molar-refractivity contribution in [2.45, 2.75) is 38.8 Å². The van der Waals surface area contributed by atoms with E-state index in [1.165, 1.54) is 17.8 Å². The first-order valence-electron chi connectivity index (χ1n) is 6.98. The van der Waals surface area contributed by atoms with Crippen molar-refractivity contribution in [3.05, 3.63) is 34.2 Å². The van der Waals surface area contributed by atoms with Gasteiger partial charge in [0.2, 0.25) is 0 Å². The highest BCUT2D eigenvalue weighted by Gasteiger charge is 2.27. The lowest BCUT2D eigenvalue weighted by Crippen LogP contribution is -2.34. The van der Waals surface area contributed by atoms with E-state index in [1.54, 1.807) is 11.3 Å². The second-order valence-electron chi connectivity index (χ2n) is 5.04. The molecule has 0 spiro atoms. The van der Waals surface area contributed by atoms with Crippen LogP contribution in [0.15, 0.2) is 17.6 Å². The molecule has 1 aliphatic heterocycles. The van der Waals surface area contributed by atoms with Crippen molar-refractivity contribution in [2.75, 3.05) is 11.4 Å². The van der Waals surface area contributed by atoms with Crippen LogP contribution in [0.1, 0.15) is 41.8 Å². The van der Waals surface area contributed by atoms with Crippen LogP contribution in [0.3, 0.4) is 0 Å². The van der Waals surface area contributed by atoms with E-state index in [2.05, 4.69) is 19.9 Å². The molecule has 0 amide bonds. The van der Waals surface area contributed by atoms with Crippen molar-refractivity contribution < 1.29 is 0 Å². The van der Waals surface area contributed by atoms with Gasteiger partial charge in [0.15, 0.2) is 0 Å². The number of piperidine rings is 1. The number of hydrogen-bond donors (Lipinski definition) is 1. The average molecular weight is 289 g/mol. The topological polar surface area (TPSA) is 67.9 Å². The molecule has 1 unspecified atom stereocenters. The average Bonchev–Trinajstić information content (AvgIpc) is 3.00. The molecule has 0 radical (unpaired) electrons. The summed E-state index contributed by atoms with van der Waals surface area (Å²) >= 11 is 1.72. The number of rotatable bonds is 3. The molecule has 20 heavy (non-hydrogen) atoms. The lowest BCUT2D eigenvalue weighted by atomic mass is 10.0. The third-order valence-corrected chi connectivity index (χ3v) is 4.50. The van der Waals surface area contributed by atoms with Crippen LogP contribution < -0.4 is 10.6 Å². The molecule has 3 heterocycles. The molecule has 6 heteroatoms. The van der Waals surface area contributed by atoms with Crippen LogP contribution in [0.5, 0.6) is 0 Å². The summed E-state index contributed by atoms with van der Waals surface area (Å²) in [5, 5.41) is 3.22. The molecule has 2 aromatic heterocycles. The van der Waals surface area contributed by atoms with Crippen molar-refractivity contribution in [3.8, 4) is 0 Å². The SMILES string of the molecule is Cc1nc(CN)cc(N2CCCCC2c2nccs2)n1. The minimum atomic E-state index is 0.337. The van der Waals surface area contributed by atoms with Gasteiger partial charge in [-0.15, -0.1) is 11.3 Å². The monoisotopic (exact) mass is 289 g/mol. The van der Waals surface area contributed by atoms with Gasteiger partial charge in [0.25, 0.3) is 0 Å². The van der Waals surface area contributed by atoms with E-state index in [1.807, 2.05) is 24.6 Å². The minimum absolute atomic E-state index is 0.337. The van der Waals surface area contributed by atoms with E-state index in [-0.39, 0.29) is 0 Å². The summed E-state index contributed by atoms with van der Waals surface area (Å²) < 4.78 is 0. The van der Waals surface area contributed by atoms with E-state index >= 15 is 0 Å². The lowest BCUT2D eigenvalue weighted by Gasteiger charge is -2.35.